The van der Waals surface area contributed by atoms with E-state index >= 15 is 0 Å². The number of nitrogens with one attached hydrogen (secondary N) is 1. The Hall–Kier alpha value is -3.48. The third-order valence-corrected chi connectivity index (χ3v) is 6.59. The van der Waals surface area contributed by atoms with Crippen molar-refractivity contribution in [2.24, 2.45) is 0 Å². The van der Waals surface area contributed by atoms with Gasteiger partial charge in [0.25, 0.3) is 5.56 Å². The first-order valence-corrected chi connectivity index (χ1v) is 11.8. The van der Waals surface area contributed by atoms with Crippen molar-refractivity contribution < 1.29 is 31.8 Å². The van der Waals surface area contributed by atoms with Crippen molar-refractivity contribution in [2.45, 2.75) is 18.9 Å². The quantitative estimate of drug-likeness (QED) is 0.317. The van der Waals surface area contributed by atoms with Crippen molar-refractivity contribution >= 4 is 22.9 Å². The molecule has 0 saturated carbocycles. The van der Waals surface area contributed by atoms with Crippen LogP contribution in [0.1, 0.15) is 11.1 Å². The van der Waals surface area contributed by atoms with Crippen molar-refractivity contribution in [3.8, 4) is 11.1 Å². The maximum absolute atomic E-state index is 14.5. The molecule has 37 heavy (non-hydrogen) atoms. The van der Waals surface area contributed by atoms with Crippen molar-refractivity contribution in [1.82, 2.24) is 8.96 Å². The highest BCUT2D eigenvalue weighted by Crippen LogP contribution is 2.40. The second-order valence-electron chi connectivity index (χ2n) is 7.99. The Morgan fingerprint density at radius 3 is 2.38 bits per heavy atom. The zero-order valence-electron chi connectivity index (χ0n) is 18.9. The lowest BCUT2D eigenvalue weighted by atomic mass is 9.96. The standard InChI is InChI=1S/C25H19F5N2O4S/c26-15-6-7-17(21(27)8-15)18-10-22-19(9-20(18)25(28,29)30)23(34)31-24(35)32(22)37-13-16(11-33)36-12-14-4-2-1-3-5-14/h1-10,16,33H,11-13H2,(H,31,34,35)/t16-/m0/s1. The molecule has 0 amide bonds. The highest BCUT2D eigenvalue weighted by molar-refractivity contribution is 7.98. The number of hydrogen-bond acceptors (Lipinski definition) is 5. The fourth-order valence-corrected chi connectivity index (χ4v) is 4.63. The second kappa shape index (κ2) is 10.9. The number of ether oxygens (including phenoxy) is 1. The molecular weight excluding hydrogens is 519 g/mol. The predicted octanol–water partition coefficient (Wildman–Crippen LogP) is 4.73. The Bertz CT molecular complexity index is 1540. The largest absolute Gasteiger partial charge is 0.417 e. The summed E-state index contributed by atoms with van der Waals surface area (Å²) in [6.45, 7) is -0.253. The SMILES string of the molecule is O=c1[nH]c(=O)n(SC[C@H](CO)OCc2ccccc2)c2cc(-c3ccc(F)cc3F)c(C(F)(F)F)cc12. The minimum atomic E-state index is -4.99. The summed E-state index contributed by atoms with van der Waals surface area (Å²) in [5, 5.41) is 9.24. The molecule has 1 heterocycles. The number of H-pyrrole nitrogens is 1. The van der Waals surface area contributed by atoms with E-state index in [9.17, 15) is 36.6 Å². The summed E-state index contributed by atoms with van der Waals surface area (Å²) in [5.41, 5.74) is -3.94. The highest BCUT2D eigenvalue weighted by Gasteiger charge is 2.35. The number of benzene rings is 3. The summed E-state index contributed by atoms with van der Waals surface area (Å²) in [6, 6.07) is 12.6. The number of alkyl halides is 3. The van der Waals surface area contributed by atoms with Crippen molar-refractivity contribution in [3.05, 3.63) is 104 Å². The lowest BCUT2D eigenvalue weighted by Gasteiger charge is -2.18. The molecule has 4 rings (SSSR count). The molecule has 6 nitrogen and oxygen atoms in total. The minimum absolute atomic E-state index is 0.00828. The summed E-state index contributed by atoms with van der Waals surface area (Å²) in [6.07, 6.45) is -5.75. The van der Waals surface area contributed by atoms with Crippen molar-refractivity contribution in [1.29, 1.82) is 0 Å². The van der Waals surface area contributed by atoms with Crippen LogP contribution in [0.5, 0.6) is 0 Å². The fourth-order valence-electron chi connectivity index (χ4n) is 3.66. The third kappa shape index (κ3) is 5.92. The molecule has 0 aliphatic rings. The molecule has 0 spiro atoms. The molecule has 1 aromatic heterocycles. The average Bonchev–Trinajstić information content (AvgIpc) is 2.85. The summed E-state index contributed by atoms with van der Waals surface area (Å²) in [7, 11) is 0. The van der Waals surface area contributed by atoms with E-state index in [-0.39, 0.29) is 17.9 Å². The zero-order chi connectivity index (χ0) is 26.7. The number of aromatic nitrogens is 2. The van der Waals surface area contributed by atoms with E-state index in [2.05, 4.69) is 0 Å². The van der Waals surface area contributed by atoms with Crippen LogP contribution in [0, 0.1) is 11.6 Å². The van der Waals surface area contributed by atoms with Crippen LogP contribution < -0.4 is 11.2 Å². The third-order valence-electron chi connectivity index (χ3n) is 5.45. The zero-order valence-corrected chi connectivity index (χ0v) is 19.7. The monoisotopic (exact) mass is 538 g/mol. The highest BCUT2D eigenvalue weighted by atomic mass is 32.2. The van der Waals surface area contributed by atoms with Gasteiger partial charge in [-0.25, -0.2) is 17.5 Å². The Kier molecular flexibility index (Phi) is 7.81. The fraction of sp³-hybridized carbons (Fsp3) is 0.200. The van der Waals surface area contributed by atoms with Crippen molar-refractivity contribution in [3.63, 3.8) is 0 Å². The average molecular weight is 538 g/mol. The first-order valence-electron chi connectivity index (χ1n) is 10.8. The van der Waals surface area contributed by atoms with E-state index < -0.39 is 63.8 Å². The van der Waals surface area contributed by atoms with Gasteiger partial charge < -0.3 is 9.84 Å². The Balaban J connectivity index is 1.76. The first-order chi connectivity index (χ1) is 17.6. The molecule has 0 fully saturated rings. The molecular formula is C25H19F5N2O4S. The van der Waals surface area contributed by atoms with Crippen LogP contribution >= 0.6 is 11.9 Å². The van der Waals surface area contributed by atoms with Crippen LogP contribution in [0.15, 0.2) is 70.3 Å². The minimum Gasteiger partial charge on any atom is -0.394 e. The maximum atomic E-state index is 14.5. The van der Waals surface area contributed by atoms with Gasteiger partial charge in [-0.1, -0.05) is 30.3 Å². The number of hydrogen-bond donors (Lipinski definition) is 2. The van der Waals surface area contributed by atoms with Crippen LogP contribution in [0.3, 0.4) is 0 Å². The van der Waals surface area contributed by atoms with Gasteiger partial charge >= 0.3 is 11.9 Å². The number of fused-ring (bicyclic) bond motifs is 1. The molecule has 2 N–H and O–H groups in total. The Labute approximate surface area is 210 Å². The van der Waals surface area contributed by atoms with Gasteiger partial charge in [-0.15, -0.1) is 0 Å². The van der Waals surface area contributed by atoms with Crippen LogP contribution in [0.2, 0.25) is 0 Å². The van der Waals surface area contributed by atoms with Crippen LogP contribution in [0.25, 0.3) is 22.0 Å². The molecule has 0 radical (unpaired) electrons. The smallest absolute Gasteiger partial charge is 0.394 e. The van der Waals surface area contributed by atoms with E-state index in [4.69, 9.17) is 4.74 Å². The molecule has 12 heteroatoms. The topological polar surface area (TPSA) is 84.3 Å². The molecule has 0 saturated heterocycles. The van der Waals surface area contributed by atoms with Gasteiger partial charge in [0, 0.05) is 17.4 Å². The summed E-state index contributed by atoms with van der Waals surface area (Å²) >= 11 is 0.791. The van der Waals surface area contributed by atoms with Gasteiger partial charge in [0.1, 0.15) is 11.6 Å². The van der Waals surface area contributed by atoms with E-state index in [0.717, 1.165) is 39.7 Å². The molecule has 0 bridgehead atoms. The molecule has 1 atom stereocenters. The van der Waals surface area contributed by atoms with Gasteiger partial charge in [-0.05, 0) is 47.3 Å². The number of rotatable bonds is 8. The molecule has 194 valence electrons. The van der Waals surface area contributed by atoms with Crippen molar-refractivity contribution in [2.75, 3.05) is 12.4 Å². The number of nitrogens with zero attached hydrogens (tertiary/aromatic N) is 1. The molecule has 3 aromatic carbocycles. The van der Waals surface area contributed by atoms with E-state index in [0.29, 0.717) is 12.1 Å². The lowest BCUT2D eigenvalue weighted by Crippen LogP contribution is -2.30. The number of halogens is 5. The molecule has 0 aliphatic carbocycles. The Morgan fingerprint density at radius 2 is 1.73 bits per heavy atom. The summed E-state index contributed by atoms with van der Waals surface area (Å²) in [4.78, 5) is 27.0. The normalized spacial score (nSPS) is 12.7. The number of aromatic amines is 1. The number of aliphatic hydroxyl groups is 1. The van der Waals surface area contributed by atoms with E-state index in [1.165, 1.54) is 0 Å². The van der Waals surface area contributed by atoms with Gasteiger partial charge in [0.15, 0.2) is 0 Å². The van der Waals surface area contributed by atoms with E-state index in [1.807, 2.05) is 35.3 Å². The summed E-state index contributed by atoms with van der Waals surface area (Å²) < 4.78 is 76.2. The molecule has 4 aromatic rings. The van der Waals surface area contributed by atoms with E-state index in [1.54, 1.807) is 0 Å². The number of aliphatic hydroxyl groups excluding tert-OH is 1. The van der Waals surface area contributed by atoms with Gasteiger partial charge in [-0.3, -0.25) is 9.78 Å². The van der Waals surface area contributed by atoms with Gasteiger partial charge in [0.05, 0.1) is 35.8 Å². The molecule has 0 unspecified atom stereocenters. The lowest BCUT2D eigenvalue weighted by molar-refractivity contribution is -0.137. The van der Waals surface area contributed by atoms with Crippen LogP contribution in [-0.4, -0.2) is 32.5 Å². The predicted molar refractivity (Wildman–Crippen MR) is 129 cm³/mol. The van der Waals surface area contributed by atoms with Gasteiger partial charge in [-0.2, -0.15) is 13.2 Å². The Morgan fingerprint density at radius 1 is 1.00 bits per heavy atom. The van der Waals surface area contributed by atoms with Crippen LogP contribution in [-0.2, 0) is 17.5 Å². The molecule has 0 aliphatic heterocycles. The summed E-state index contributed by atoms with van der Waals surface area (Å²) in [5.74, 6) is -2.23. The second-order valence-corrected chi connectivity index (χ2v) is 8.94. The van der Waals surface area contributed by atoms with Gasteiger partial charge in [0.2, 0.25) is 0 Å². The maximum Gasteiger partial charge on any atom is 0.417 e. The van der Waals surface area contributed by atoms with Crippen LogP contribution in [0.4, 0.5) is 22.0 Å². The first kappa shape index (κ1) is 26.6.